The molecule has 0 saturated carbocycles. The van der Waals surface area contributed by atoms with Gasteiger partial charge in [0.25, 0.3) is 0 Å². The fourth-order valence-corrected chi connectivity index (χ4v) is 4.37. The monoisotopic (exact) mass is 433 g/mol. The van der Waals surface area contributed by atoms with Gasteiger partial charge in [0.1, 0.15) is 24.6 Å². The van der Waals surface area contributed by atoms with Crippen molar-refractivity contribution in [2.24, 2.45) is 0 Å². The zero-order valence-corrected chi connectivity index (χ0v) is 17.2. The molecule has 2 aliphatic rings. The van der Waals surface area contributed by atoms with Crippen molar-refractivity contribution >= 4 is 39.8 Å². The molecular weight excluding hydrogens is 417 g/mol. The van der Waals surface area contributed by atoms with Crippen molar-refractivity contribution < 1.29 is 9.13 Å². The molecule has 0 bridgehead atoms. The highest BCUT2D eigenvalue weighted by Crippen LogP contribution is 2.40. The molecule has 0 saturated heterocycles. The lowest BCUT2D eigenvalue weighted by molar-refractivity contribution is 0.321. The van der Waals surface area contributed by atoms with Crippen LogP contribution in [0.1, 0.15) is 5.56 Å². The number of hydrogen-bond acceptors (Lipinski definition) is 6. The van der Waals surface area contributed by atoms with Gasteiger partial charge >= 0.3 is 0 Å². The molecule has 0 unspecified atom stereocenters. The van der Waals surface area contributed by atoms with Crippen LogP contribution in [0.3, 0.4) is 0 Å². The zero-order chi connectivity index (χ0) is 20.9. The molecular formula is C23H17ClFN5O. The molecule has 0 spiro atoms. The number of benzene rings is 2. The van der Waals surface area contributed by atoms with Gasteiger partial charge in [0.05, 0.1) is 17.1 Å². The number of nitrogens with one attached hydrogen (secondary N) is 1. The molecule has 6 rings (SSSR count). The van der Waals surface area contributed by atoms with Gasteiger partial charge in [0.2, 0.25) is 0 Å². The van der Waals surface area contributed by atoms with E-state index in [0.717, 1.165) is 63.6 Å². The molecule has 0 atom stereocenters. The Hall–Kier alpha value is -3.45. The van der Waals surface area contributed by atoms with Crippen LogP contribution in [0.5, 0.6) is 5.75 Å². The van der Waals surface area contributed by atoms with E-state index in [2.05, 4.69) is 31.2 Å². The van der Waals surface area contributed by atoms with Gasteiger partial charge in [0.15, 0.2) is 11.6 Å². The first-order chi connectivity index (χ1) is 15.2. The highest BCUT2D eigenvalue weighted by Gasteiger charge is 2.25. The van der Waals surface area contributed by atoms with E-state index in [1.807, 2.05) is 24.4 Å². The van der Waals surface area contributed by atoms with Crippen molar-refractivity contribution in [2.45, 2.75) is 6.42 Å². The van der Waals surface area contributed by atoms with E-state index in [9.17, 15) is 4.39 Å². The average Bonchev–Trinajstić information content (AvgIpc) is 3.20. The summed E-state index contributed by atoms with van der Waals surface area (Å²) < 4.78 is 19.7. The molecule has 0 aliphatic carbocycles. The SMILES string of the molecule is Fc1cc2c(cc1Cl)N(c1ncnc3ccc(-c4cnc5c(c4)OCCN5)cc13)CC2. The van der Waals surface area contributed by atoms with E-state index in [0.29, 0.717) is 13.2 Å². The topological polar surface area (TPSA) is 63.2 Å². The molecule has 8 heteroatoms. The third-order valence-corrected chi connectivity index (χ3v) is 6.01. The second kappa shape index (κ2) is 7.06. The molecule has 31 heavy (non-hydrogen) atoms. The molecule has 6 nitrogen and oxygen atoms in total. The molecule has 154 valence electrons. The summed E-state index contributed by atoms with van der Waals surface area (Å²) in [6.07, 6.45) is 4.12. The van der Waals surface area contributed by atoms with E-state index in [1.54, 1.807) is 12.4 Å². The normalized spacial score (nSPS) is 14.7. The molecule has 2 aliphatic heterocycles. The lowest BCUT2D eigenvalue weighted by atomic mass is 10.0. The zero-order valence-electron chi connectivity index (χ0n) is 16.4. The maximum Gasteiger partial charge on any atom is 0.168 e. The van der Waals surface area contributed by atoms with Gasteiger partial charge in [-0.25, -0.2) is 19.3 Å². The summed E-state index contributed by atoms with van der Waals surface area (Å²) in [5, 5.41) is 4.25. The Balaban J connectivity index is 1.47. The lowest BCUT2D eigenvalue weighted by Gasteiger charge is -2.21. The predicted octanol–water partition coefficient (Wildman–Crippen LogP) is 4.98. The first kappa shape index (κ1) is 18.3. The van der Waals surface area contributed by atoms with E-state index in [-0.39, 0.29) is 5.02 Å². The molecule has 1 N–H and O–H groups in total. The predicted molar refractivity (Wildman–Crippen MR) is 119 cm³/mol. The highest BCUT2D eigenvalue weighted by molar-refractivity contribution is 6.31. The Bertz CT molecular complexity index is 1350. The summed E-state index contributed by atoms with van der Waals surface area (Å²) >= 11 is 6.07. The highest BCUT2D eigenvalue weighted by atomic mass is 35.5. The summed E-state index contributed by atoms with van der Waals surface area (Å²) in [4.78, 5) is 15.6. The number of hydrogen-bond donors (Lipinski definition) is 1. The number of halogens is 2. The van der Waals surface area contributed by atoms with Gasteiger partial charge in [-0.2, -0.15) is 0 Å². The van der Waals surface area contributed by atoms with Crippen LogP contribution in [0.15, 0.2) is 48.9 Å². The molecule has 4 aromatic rings. The second-order valence-electron chi connectivity index (χ2n) is 7.57. The second-order valence-corrected chi connectivity index (χ2v) is 7.98. The minimum absolute atomic E-state index is 0.110. The number of pyridine rings is 1. The van der Waals surface area contributed by atoms with Crippen LogP contribution in [0.4, 0.5) is 21.7 Å². The van der Waals surface area contributed by atoms with E-state index < -0.39 is 5.82 Å². The minimum Gasteiger partial charge on any atom is -0.488 e. The van der Waals surface area contributed by atoms with Crippen LogP contribution < -0.4 is 15.0 Å². The van der Waals surface area contributed by atoms with Gasteiger partial charge in [-0.15, -0.1) is 0 Å². The smallest absolute Gasteiger partial charge is 0.168 e. The van der Waals surface area contributed by atoms with Crippen molar-refractivity contribution in [1.29, 1.82) is 0 Å². The Morgan fingerprint density at radius 3 is 2.94 bits per heavy atom. The fourth-order valence-electron chi connectivity index (χ4n) is 4.22. The molecule has 2 aromatic carbocycles. The number of rotatable bonds is 2. The van der Waals surface area contributed by atoms with E-state index in [4.69, 9.17) is 16.3 Å². The largest absolute Gasteiger partial charge is 0.488 e. The first-order valence-corrected chi connectivity index (χ1v) is 10.4. The summed E-state index contributed by atoms with van der Waals surface area (Å²) in [7, 11) is 0. The van der Waals surface area contributed by atoms with Crippen molar-refractivity contribution in [3.63, 3.8) is 0 Å². The van der Waals surface area contributed by atoms with Gasteiger partial charge in [-0.05, 0) is 47.9 Å². The summed E-state index contributed by atoms with van der Waals surface area (Å²) in [6.45, 7) is 2.07. The molecule has 2 aromatic heterocycles. The number of nitrogens with zero attached hydrogens (tertiary/aromatic N) is 4. The Labute approximate surface area is 182 Å². The quantitative estimate of drug-likeness (QED) is 0.481. The van der Waals surface area contributed by atoms with Crippen molar-refractivity contribution in [3.8, 4) is 16.9 Å². The van der Waals surface area contributed by atoms with Crippen LogP contribution in [-0.4, -0.2) is 34.6 Å². The number of fused-ring (bicyclic) bond motifs is 3. The third-order valence-electron chi connectivity index (χ3n) is 5.73. The van der Waals surface area contributed by atoms with Gasteiger partial charge < -0.3 is 15.0 Å². The van der Waals surface area contributed by atoms with Gasteiger partial charge in [-0.3, -0.25) is 0 Å². The summed E-state index contributed by atoms with van der Waals surface area (Å²) in [5.74, 6) is 1.89. The standard InChI is InChI=1S/C23H17ClFN5O/c24-17-10-20-14(8-18(17)25)3-5-30(20)23-16-7-13(1-2-19(16)28-12-29-23)15-9-21-22(27-11-15)26-4-6-31-21/h1-2,7-12H,3-6H2,(H,26,27). The van der Waals surface area contributed by atoms with Crippen molar-refractivity contribution in [1.82, 2.24) is 15.0 Å². The third kappa shape index (κ3) is 3.04. The lowest BCUT2D eigenvalue weighted by Crippen LogP contribution is -2.18. The summed E-state index contributed by atoms with van der Waals surface area (Å²) in [6, 6.07) is 11.2. The maximum absolute atomic E-state index is 13.9. The Morgan fingerprint density at radius 1 is 1.06 bits per heavy atom. The van der Waals surface area contributed by atoms with Crippen LogP contribution >= 0.6 is 11.6 Å². The Morgan fingerprint density at radius 2 is 2.00 bits per heavy atom. The van der Waals surface area contributed by atoms with Crippen LogP contribution in [0.25, 0.3) is 22.0 Å². The molecule has 4 heterocycles. The number of ether oxygens (including phenoxy) is 1. The number of anilines is 3. The maximum atomic E-state index is 13.9. The van der Waals surface area contributed by atoms with Crippen molar-refractivity contribution in [3.05, 3.63) is 65.3 Å². The number of aromatic nitrogens is 3. The van der Waals surface area contributed by atoms with Gasteiger partial charge in [0, 0.05) is 29.4 Å². The molecule has 0 fully saturated rings. The average molecular weight is 434 g/mol. The fraction of sp³-hybridized carbons (Fsp3) is 0.174. The van der Waals surface area contributed by atoms with Crippen LogP contribution in [-0.2, 0) is 6.42 Å². The van der Waals surface area contributed by atoms with Crippen molar-refractivity contribution in [2.75, 3.05) is 29.9 Å². The first-order valence-electron chi connectivity index (χ1n) is 10.0. The van der Waals surface area contributed by atoms with E-state index >= 15 is 0 Å². The van der Waals surface area contributed by atoms with Crippen LogP contribution in [0, 0.1) is 5.82 Å². The minimum atomic E-state index is -0.395. The summed E-state index contributed by atoms with van der Waals surface area (Å²) in [5.41, 5.74) is 4.58. The van der Waals surface area contributed by atoms with Crippen LogP contribution in [0.2, 0.25) is 5.02 Å². The Kier molecular flexibility index (Phi) is 4.17. The van der Waals surface area contributed by atoms with E-state index in [1.165, 1.54) is 6.07 Å². The molecule has 0 amide bonds. The van der Waals surface area contributed by atoms with Gasteiger partial charge in [-0.1, -0.05) is 17.7 Å². The molecule has 0 radical (unpaired) electrons.